The van der Waals surface area contributed by atoms with E-state index in [2.05, 4.69) is 39.6 Å². The molecule has 0 radical (unpaired) electrons. The van der Waals surface area contributed by atoms with E-state index >= 15 is 0 Å². The van der Waals surface area contributed by atoms with Crippen LogP contribution in [0.2, 0.25) is 0 Å². The third-order valence-electron chi connectivity index (χ3n) is 5.12. The number of imidazole rings is 1. The molecule has 21 heavy (non-hydrogen) atoms. The maximum absolute atomic E-state index is 4.68. The number of aryl methyl sites for hydroxylation is 2. The molecule has 4 heterocycles. The van der Waals surface area contributed by atoms with Crippen LogP contribution in [0.4, 0.5) is 0 Å². The first-order valence-corrected chi connectivity index (χ1v) is 8.94. The molecule has 2 saturated heterocycles. The second kappa shape index (κ2) is 5.38. The number of nitrogens with zero attached hydrogens (tertiary/aromatic N) is 3. The molecule has 2 aromatic rings. The Balaban J connectivity index is 1.44. The number of hydrogen-bond acceptors (Lipinski definition) is 4. The molecule has 4 nitrogen and oxygen atoms in total. The summed E-state index contributed by atoms with van der Waals surface area (Å²) in [6.45, 7) is 7.84. The maximum Gasteiger partial charge on any atom is 0.194 e. The highest BCUT2D eigenvalue weighted by Crippen LogP contribution is 2.27. The molecular formula is C16H24N4S. The number of rotatable bonds is 3. The fraction of sp³-hybridized carbons (Fsp3) is 0.688. The van der Waals surface area contributed by atoms with Gasteiger partial charge in [-0.3, -0.25) is 4.40 Å². The Labute approximate surface area is 130 Å². The second-order valence-corrected chi connectivity index (χ2v) is 7.79. The normalized spacial score (nSPS) is 26.6. The predicted molar refractivity (Wildman–Crippen MR) is 87.0 cm³/mol. The lowest BCUT2D eigenvalue weighted by Crippen LogP contribution is -2.45. The Bertz CT molecular complexity index is 644. The lowest BCUT2D eigenvalue weighted by Gasteiger charge is -2.35. The smallest absolute Gasteiger partial charge is 0.194 e. The average Bonchev–Trinajstić information content (AvgIpc) is 3.11. The van der Waals surface area contributed by atoms with E-state index in [9.17, 15) is 0 Å². The van der Waals surface area contributed by atoms with Crippen molar-refractivity contribution in [3.63, 3.8) is 0 Å². The van der Waals surface area contributed by atoms with Gasteiger partial charge in [0.2, 0.25) is 0 Å². The van der Waals surface area contributed by atoms with Crippen molar-refractivity contribution in [2.75, 3.05) is 13.1 Å². The van der Waals surface area contributed by atoms with E-state index in [1.807, 2.05) is 0 Å². The minimum atomic E-state index is 0.675. The van der Waals surface area contributed by atoms with E-state index in [0.29, 0.717) is 6.04 Å². The number of piperidine rings is 1. The standard InChI is InChI=1S/C16H24N4S/c1-11-10-20-15(12(2)18-16(20)21-11)9-17-13-5-7-19-6-3-4-14(19)8-13/h10,13-14,17H,3-9H2,1-2H3. The summed E-state index contributed by atoms with van der Waals surface area (Å²) in [5.74, 6) is 0. The Morgan fingerprint density at radius 1 is 1.33 bits per heavy atom. The highest BCUT2D eigenvalue weighted by Gasteiger charge is 2.31. The molecule has 1 N–H and O–H groups in total. The molecule has 0 saturated carbocycles. The van der Waals surface area contributed by atoms with Crippen LogP contribution in [0.1, 0.15) is 41.9 Å². The van der Waals surface area contributed by atoms with Crippen molar-refractivity contribution >= 4 is 16.3 Å². The van der Waals surface area contributed by atoms with Gasteiger partial charge in [-0.1, -0.05) is 0 Å². The van der Waals surface area contributed by atoms with Crippen molar-refractivity contribution in [1.82, 2.24) is 19.6 Å². The highest BCUT2D eigenvalue weighted by atomic mass is 32.1. The van der Waals surface area contributed by atoms with Gasteiger partial charge in [0.05, 0.1) is 11.4 Å². The minimum Gasteiger partial charge on any atom is -0.308 e. The first-order chi connectivity index (χ1) is 10.2. The van der Waals surface area contributed by atoms with Gasteiger partial charge in [-0.15, -0.1) is 11.3 Å². The van der Waals surface area contributed by atoms with Crippen molar-refractivity contribution in [3.05, 3.63) is 22.5 Å². The van der Waals surface area contributed by atoms with E-state index < -0.39 is 0 Å². The lowest BCUT2D eigenvalue weighted by atomic mass is 9.97. The summed E-state index contributed by atoms with van der Waals surface area (Å²) in [6, 6.07) is 1.51. The third-order valence-corrected chi connectivity index (χ3v) is 6.02. The summed E-state index contributed by atoms with van der Waals surface area (Å²) >= 11 is 1.78. The Morgan fingerprint density at radius 2 is 2.24 bits per heavy atom. The van der Waals surface area contributed by atoms with Gasteiger partial charge >= 0.3 is 0 Å². The second-order valence-electron chi connectivity index (χ2n) is 6.57. The van der Waals surface area contributed by atoms with Gasteiger partial charge in [-0.05, 0) is 52.6 Å². The van der Waals surface area contributed by atoms with E-state index in [-0.39, 0.29) is 0 Å². The van der Waals surface area contributed by atoms with E-state index in [0.717, 1.165) is 17.5 Å². The molecule has 0 aliphatic carbocycles. The van der Waals surface area contributed by atoms with Crippen molar-refractivity contribution in [3.8, 4) is 0 Å². The molecule has 2 aromatic heterocycles. The SMILES string of the molecule is Cc1cn2c(CNC3CCN4CCCC4C3)c(C)nc2s1. The topological polar surface area (TPSA) is 32.6 Å². The molecule has 114 valence electrons. The molecule has 0 amide bonds. The number of nitrogens with one attached hydrogen (secondary N) is 1. The summed E-state index contributed by atoms with van der Waals surface area (Å²) in [5.41, 5.74) is 2.51. The van der Waals surface area contributed by atoms with Crippen LogP contribution in [-0.2, 0) is 6.54 Å². The molecule has 2 unspecified atom stereocenters. The Hall–Kier alpha value is -0.910. The van der Waals surface area contributed by atoms with Crippen molar-refractivity contribution in [2.24, 2.45) is 0 Å². The number of thiazole rings is 1. The predicted octanol–water partition coefficient (Wildman–Crippen LogP) is 2.73. The Kier molecular flexibility index (Phi) is 3.52. The summed E-state index contributed by atoms with van der Waals surface area (Å²) < 4.78 is 2.27. The molecule has 2 aliphatic heterocycles. The van der Waals surface area contributed by atoms with Gasteiger partial charge in [0.25, 0.3) is 0 Å². The maximum atomic E-state index is 4.68. The summed E-state index contributed by atoms with van der Waals surface area (Å²) in [7, 11) is 0. The van der Waals surface area contributed by atoms with Gasteiger partial charge in [0.15, 0.2) is 4.96 Å². The van der Waals surface area contributed by atoms with Crippen molar-refractivity contribution in [1.29, 1.82) is 0 Å². The van der Waals surface area contributed by atoms with Crippen molar-refractivity contribution in [2.45, 2.75) is 58.2 Å². The summed E-state index contributed by atoms with van der Waals surface area (Å²) in [6.07, 6.45) is 7.63. The first-order valence-electron chi connectivity index (χ1n) is 8.12. The average molecular weight is 304 g/mol. The molecule has 0 spiro atoms. The minimum absolute atomic E-state index is 0.675. The largest absolute Gasteiger partial charge is 0.308 e. The molecular weight excluding hydrogens is 280 g/mol. The molecule has 2 aliphatic rings. The Morgan fingerprint density at radius 3 is 3.14 bits per heavy atom. The van der Waals surface area contributed by atoms with Crippen LogP contribution in [0, 0.1) is 13.8 Å². The van der Waals surface area contributed by atoms with Crippen LogP contribution in [0.3, 0.4) is 0 Å². The summed E-state index contributed by atoms with van der Waals surface area (Å²) in [4.78, 5) is 9.83. The first kappa shape index (κ1) is 13.7. The highest BCUT2D eigenvalue weighted by molar-refractivity contribution is 7.17. The van der Waals surface area contributed by atoms with Crippen LogP contribution in [0.5, 0.6) is 0 Å². The van der Waals surface area contributed by atoms with E-state index in [1.165, 1.54) is 55.0 Å². The zero-order chi connectivity index (χ0) is 14.4. The quantitative estimate of drug-likeness (QED) is 0.946. The van der Waals surface area contributed by atoms with Crippen molar-refractivity contribution < 1.29 is 0 Å². The number of aromatic nitrogens is 2. The van der Waals surface area contributed by atoms with Crippen LogP contribution >= 0.6 is 11.3 Å². The zero-order valence-corrected chi connectivity index (χ0v) is 13.7. The van der Waals surface area contributed by atoms with Crippen LogP contribution in [0.15, 0.2) is 6.20 Å². The lowest BCUT2D eigenvalue weighted by molar-refractivity contribution is 0.166. The molecule has 5 heteroatoms. The van der Waals surface area contributed by atoms with Gasteiger partial charge in [0.1, 0.15) is 0 Å². The van der Waals surface area contributed by atoms with Gasteiger partial charge in [-0.25, -0.2) is 4.98 Å². The van der Waals surface area contributed by atoms with Crippen LogP contribution in [0.25, 0.3) is 4.96 Å². The molecule has 2 atom stereocenters. The number of hydrogen-bond donors (Lipinski definition) is 1. The van der Waals surface area contributed by atoms with Gasteiger partial charge in [0, 0.05) is 29.7 Å². The summed E-state index contributed by atoms with van der Waals surface area (Å²) in [5, 5.41) is 3.80. The monoisotopic (exact) mass is 304 g/mol. The zero-order valence-electron chi connectivity index (χ0n) is 12.9. The molecule has 4 rings (SSSR count). The fourth-order valence-electron chi connectivity index (χ4n) is 3.97. The third kappa shape index (κ3) is 2.51. The fourth-order valence-corrected chi connectivity index (χ4v) is 4.86. The van der Waals surface area contributed by atoms with Gasteiger partial charge in [-0.2, -0.15) is 0 Å². The number of fused-ring (bicyclic) bond motifs is 2. The molecule has 0 aromatic carbocycles. The molecule has 2 fully saturated rings. The van der Waals surface area contributed by atoms with E-state index in [1.54, 1.807) is 11.3 Å². The molecule has 0 bridgehead atoms. The van der Waals surface area contributed by atoms with Gasteiger partial charge < -0.3 is 10.2 Å². The van der Waals surface area contributed by atoms with Crippen LogP contribution in [-0.4, -0.2) is 39.5 Å². The van der Waals surface area contributed by atoms with E-state index in [4.69, 9.17) is 0 Å². The van der Waals surface area contributed by atoms with Crippen LogP contribution < -0.4 is 5.32 Å².